The van der Waals surface area contributed by atoms with Gasteiger partial charge in [0.05, 0.1) is 5.69 Å². The van der Waals surface area contributed by atoms with E-state index >= 15 is 0 Å². The number of primary amides is 1. The molecule has 0 saturated carbocycles. The molecule has 1 atom stereocenters. The van der Waals surface area contributed by atoms with E-state index in [-0.39, 0.29) is 5.91 Å². The van der Waals surface area contributed by atoms with E-state index in [9.17, 15) is 4.79 Å². The Balaban J connectivity index is 2.38. The predicted octanol–water partition coefficient (Wildman–Crippen LogP) is 0.188. The SMILES string of the molecule is NC(=O)C1(c2ccccn2)CCCNC1. The minimum atomic E-state index is -0.612. The average molecular weight is 205 g/mol. The maximum Gasteiger partial charge on any atom is 0.230 e. The number of hydrogen-bond acceptors (Lipinski definition) is 3. The number of nitrogens with two attached hydrogens (primary N) is 1. The number of amides is 1. The summed E-state index contributed by atoms with van der Waals surface area (Å²) in [6.07, 6.45) is 3.44. The molecule has 4 heteroatoms. The van der Waals surface area contributed by atoms with Crippen molar-refractivity contribution in [2.75, 3.05) is 13.1 Å². The van der Waals surface area contributed by atoms with Crippen molar-refractivity contribution in [3.05, 3.63) is 30.1 Å². The van der Waals surface area contributed by atoms with E-state index in [1.54, 1.807) is 6.20 Å². The Bertz CT molecular complexity index is 344. The number of nitrogens with zero attached hydrogens (tertiary/aromatic N) is 1. The predicted molar refractivity (Wildman–Crippen MR) is 57.2 cm³/mol. The average Bonchev–Trinajstić information content (AvgIpc) is 2.31. The van der Waals surface area contributed by atoms with Crippen LogP contribution in [0.3, 0.4) is 0 Å². The molecule has 15 heavy (non-hydrogen) atoms. The maximum absolute atomic E-state index is 11.6. The monoisotopic (exact) mass is 205 g/mol. The summed E-state index contributed by atoms with van der Waals surface area (Å²) in [7, 11) is 0. The highest BCUT2D eigenvalue weighted by Gasteiger charge is 2.40. The normalized spacial score (nSPS) is 26.1. The van der Waals surface area contributed by atoms with Crippen molar-refractivity contribution in [1.29, 1.82) is 0 Å². The number of nitrogens with one attached hydrogen (secondary N) is 1. The molecule has 0 bridgehead atoms. The molecular formula is C11H15N3O. The second-order valence-corrected chi connectivity index (χ2v) is 3.94. The number of aromatic nitrogens is 1. The van der Waals surface area contributed by atoms with Crippen LogP contribution in [0.15, 0.2) is 24.4 Å². The summed E-state index contributed by atoms with van der Waals surface area (Å²) in [6.45, 7) is 1.54. The number of carbonyl (C=O) groups excluding carboxylic acids is 1. The molecule has 1 amide bonds. The van der Waals surface area contributed by atoms with Gasteiger partial charge in [0.25, 0.3) is 0 Å². The summed E-state index contributed by atoms with van der Waals surface area (Å²) in [5, 5.41) is 3.21. The highest BCUT2D eigenvalue weighted by Crippen LogP contribution is 2.29. The Morgan fingerprint density at radius 2 is 2.40 bits per heavy atom. The van der Waals surface area contributed by atoms with Crippen LogP contribution in [-0.2, 0) is 10.2 Å². The van der Waals surface area contributed by atoms with Crippen LogP contribution in [0.1, 0.15) is 18.5 Å². The van der Waals surface area contributed by atoms with Gasteiger partial charge in [-0.3, -0.25) is 9.78 Å². The molecule has 1 aromatic heterocycles. The van der Waals surface area contributed by atoms with E-state index in [2.05, 4.69) is 10.3 Å². The van der Waals surface area contributed by atoms with E-state index in [1.807, 2.05) is 18.2 Å². The first-order valence-corrected chi connectivity index (χ1v) is 5.18. The Labute approximate surface area is 88.9 Å². The molecule has 80 valence electrons. The van der Waals surface area contributed by atoms with Crippen molar-refractivity contribution in [1.82, 2.24) is 10.3 Å². The van der Waals surface area contributed by atoms with Crippen molar-refractivity contribution in [3.63, 3.8) is 0 Å². The first-order chi connectivity index (χ1) is 7.26. The van der Waals surface area contributed by atoms with Gasteiger partial charge in [-0.05, 0) is 31.5 Å². The van der Waals surface area contributed by atoms with Gasteiger partial charge >= 0.3 is 0 Å². The summed E-state index contributed by atoms with van der Waals surface area (Å²) in [5.74, 6) is -0.284. The van der Waals surface area contributed by atoms with Crippen molar-refractivity contribution in [2.24, 2.45) is 5.73 Å². The van der Waals surface area contributed by atoms with Gasteiger partial charge in [-0.2, -0.15) is 0 Å². The summed E-state index contributed by atoms with van der Waals surface area (Å²) in [6, 6.07) is 5.60. The molecule has 1 unspecified atom stereocenters. The molecule has 4 nitrogen and oxygen atoms in total. The Morgan fingerprint density at radius 1 is 1.53 bits per heavy atom. The molecule has 0 spiro atoms. The first kappa shape index (κ1) is 10.1. The molecule has 1 saturated heterocycles. The Morgan fingerprint density at radius 3 is 2.93 bits per heavy atom. The number of rotatable bonds is 2. The quantitative estimate of drug-likeness (QED) is 0.724. The Hall–Kier alpha value is -1.42. The highest BCUT2D eigenvalue weighted by atomic mass is 16.1. The van der Waals surface area contributed by atoms with Crippen molar-refractivity contribution in [3.8, 4) is 0 Å². The molecule has 0 aromatic carbocycles. The molecule has 0 radical (unpaired) electrons. The minimum absolute atomic E-state index is 0.284. The van der Waals surface area contributed by atoms with Crippen LogP contribution in [0.25, 0.3) is 0 Å². The fourth-order valence-electron chi connectivity index (χ4n) is 2.11. The van der Waals surface area contributed by atoms with E-state index in [0.717, 1.165) is 25.1 Å². The van der Waals surface area contributed by atoms with Gasteiger partial charge in [0.15, 0.2) is 0 Å². The fraction of sp³-hybridized carbons (Fsp3) is 0.455. The summed E-state index contributed by atoms with van der Waals surface area (Å²) >= 11 is 0. The first-order valence-electron chi connectivity index (χ1n) is 5.18. The number of carbonyl (C=O) groups is 1. The summed E-state index contributed by atoms with van der Waals surface area (Å²) in [4.78, 5) is 15.9. The van der Waals surface area contributed by atoms with Crippen LogP contribution in [0.5, 0.6) is 0 Å². The number of pyridine rings is 1. The van der Waals surface area contributed by atoms with Crippen LogP contribution in [-0.4, -0.2) is 24.0 Å². The fourth-order valence-corrected chi connectivity index (χ4v) is 2.11. The standard InChI is InChI=1S/C11H15N3O/c12-10(15)11(5-3-6-13-8-11)9-4-1-2-7-14-9/h1-2,4,7,13H,3,5-6,8H2,(H2,12,15). The van der Waals surface area contributed by atoms with Gasteiger partial charge in [0.2, 0.25) is 5.91 Å². The zero-order chi connectivity index (χ0) is 10.7. The van der Waals surface area contributed by atoms with E-state index in [0.29, 0.717) is 6.54 Å². The molecule has 2 rings (SSSR count). The van der Waals surface area contributed by atoms with Crippen LogP contribution < -0.4 is 11.1 Å². The molecule has 3 N–H and O–H groups in total. The minimum Gasteiger partial charge on any atom is -0.369 e. The largest absolute Gasteiger partial charge is 0.369 e. The van der Waals surface area contributed by atoms with Crippen LogP contribution >= 0.6 is 0 Å². The molecular weight excluding hydrogens is 190 g/mol. The van der Waals surface area contributed by atoms with Gasteiger partial charge in [-0.1, -0.05) is 6.07 Å². The molecule has 1 aromatic rings. The van der Waals surface area contributed by atoms with Crippen LogP contribution in [0.2, 0.25) is 0 Å². The van der Waals surface area contributed by atoms with Gasteiger partial charge in [-0.15, -0.1) is 0 Å². The third kappa shape index (κ3) is 1.72. The lowest BCUT2D eigenvalue weighted by Crippen LogP contribution is -2.52. The second kappa shape index (κ2) is 3.98. The van der Waals surface area contributed by atoms with E-state index in [4.69, 9.17) is 5.73 Å². The zero-order valence-electron chi connectivity index (χ0n) is 8.57. The van der Waals surface area contributed by atoms with Gasteiger partial charge < -0.3 is 11.1 Å². The second-order valence-electron chi connectivity index (χ2n) is 3.94. The molecule has 1 aliphatic rings. The van der Waals surface area contributed by atoms with Gasteiger partial charge in [0, 0.05) is 12.7 Å². The number of hydrogen-bond donors (Lipinski definition) is 2. The lowest BCUT2D eigenvalue weighted by Gasteiger charge is -2.34. The van der Waals surface area contributed by atoms with E-state index in [1.165, 1.54) is 0 Å². The van der Waals surface area contributed by atoms with Crippen molar-refractivity contribution >= 4 is 5.91 Å². The smallest absolute Gasteiger partial charge is 0.230 e. The van der Waals surface area contributed by atoms with Gasteiger partial charge in [0.1, 0.15) is 5.41 Å². The summed E-state index contributed by atoms with van der Waals surface area (Å²) in [5.41, 5.74) is 5.69. The topological polar surface area (TPSA) is 68.0 Å². The molecule has 1 aliphatic heterocycles. The molecule has 0 aliphatic carbocycles. The van der Waals surface area contributed by atoms with Crippen LogP contribution in [0, 0.1) is 0 Å². The van der Waals surface area contributed by atoms with Crippen molar-refractivity contribution < 1.29 is 4.79 Å². The molecule has 1 fully saturated rings. The maximum atomic E-state index is 11.6. The lowest BCUT2D eigenvalue weighted by molar-refractivity contribution is -0.124. The summed E-state index contributed by atoms with van der Waals surface area (Å²) < 4.78 is 0. The van der Waals surface area contributed by atoms with Crippen molar-refractivity contribution in [2.45, 2.75) is 18.3 Å². The third-order valence-electron chi connectivity index (χ3n) is 3.01. The zero-order valence-corrected chi connectivity index (χ0v) is 8.57. The highest BCUT2D eigenvalue weighted by molar-refractivity contribution is 5.86. The number of piperidine rings is 1. The lowest BCUT2D eigenvalue weighted by atomic mass is 9.77. The third-order valence-corrected chi connectivity index (χ3v) is 3.01. The Kier molecular flexibility index (Phi) is 2.68. The van der Waals surface area contributed by atoms with Crippen LogP contribution in [0.4, 0.5) is 0 Å². The molecule has 2 heterocycles. The van der Waals surface area contributed by atoms with Gasteiger partial charge in [-0.25, -0.2) is 0 Å². The van der Waals surface area contributed by atoms with E-state index < -0.39 is 5.41 Å².